The van der Waals surface area contributed by atoms with Crippen molar-refractivity contribution < 1.29 is 9.21 Å². The maximum atomic E-state index is 11.0. The number of thioether (sulfide) groups is 1. The second-order valence-corrected chi connectivity index (χ2v) is 6.40. The Kier molecular flexibility index (Phi) is 4.13. The summed E-state index contributed by atoms with van der Waals surface area (Å²) in [6.45, 7) is 6.08. The number of amides is 1. The van der Waals surface area contributed by atoms with Gasteiger partial charge in [0.2, 0.25) is 11.8 Å². The van der Waals surface area contributed by atoms with Gasteiger partial charge in [-0.05, 0) is 17.7 Å². The Hall–Kier alpha value is -1.82. The standard InChI is InChI=1S/C14H17N3O2S/c1-14(2,3)12-16-17-13(19-12)20-8-9-4-6-10(7-5-9)11(15)18/h4-7H,8H2,1-3H3,(H2,15,18). The van der Waals surface area contributed by atoms with Gasteiger partial charge in [0.05, 0.1) is 0 Å². The zero-order valence-electron chi connectivity index (χ0n) is 11.7. The van der Waals surface area contributed by atoms with Crippen LogP contribution < -0.4 is 5.73 Å². The number of hydrogen-bond donors (Lipinski definition) is 1. The molecule has 0 saturated heterocycles. The van der Waals surface area contributed by atoms with E-state index in [0.29, 0.717) is 22.4 Å². The minimum absolute atomic E-state index is 0.144. The van der Waals surface area contributed by atoms with Gasteiger partial charge in [-0.3, -0.25) is 4.79 Å². The average Bonchev–Trinajstić information content (AvgIpc) is 2.85. The molecule has 0 fully saturated rings. The molecule has 20 heavy (non-hydrogen) atoms. The van der Waals surface area contributed by atoms with E-state index in [0.717, 1.165) is 5.56 Å². The fourth-order valence-electron chi connectivity index (χ4n) is 1.48. The van der Waals surface area contributed by atoms with Crippen LogP contribution in [-0.4, -0.2) is 16.1 Å². The normalized spacial score (nSPS) is 11.6. The van der Waals surface area contributed by atoms with Crippen LogP contribution in [0.4, 0.5) is 0 Å². The Bertz CT molecular complexity index is 600. The highest BCUT2D eigenvalue weighted by Gasteiger charge is 2.21. The molecule has 0 aliphatic heterocycles. The summed E-state index contributed by atoms with van der Waals surface area (Å²) in [6, 6.07) is 7.17. The van der Waals surface area contributed by atoms with Crippen LogP contribution in [-0.2, 0) is 11.2 Å². The predicted molar refractivity (Wildman–Crippen MR) is 77.5 cm³/mol. The van der Waals surface area contributed by atoms with Crippen LogP contribution in [0.3, 0.4) is 0 Å². The van der Waals surface area contributed by atoms with Crippen molar-refractivity contribution >= 4 is 17.7 Å². The molecule has 0 spiro atoms. The van der Waals surface area contributed by atoms with Crippen molar-refractivity contribution in [3.8, 4) is 0 Å². The van der Waals surface area contributed by atoms with Gasteiger partial charge in [0, 0.05) is 16.7 Å². The Labute approximate surface area is 122 Å². The average molecular weight is 291 g/mol. The van der Waals surface area contributed by atoms with Gasteiger partial charge in [0.15, 0.2) is 0 Å². The molecule has 1 aromatic carbocycles. The number of carbonyl (C=O) groups is 1. The molecule has 2 aromatic rings. The van der Waals surface area contributed by atoms with Crippen molar-refractivity contribution in [2.24, 2.45) is 5.73 Å². The van der Waals surface area contributed by atoms with Crippen molar-refractivity contribution in [3.05, 3.63) is 41.3 Å². The van der Waals surface area contributed by atoms with Gasteiger partial charge in [-0.15, -0.1) is 10.2 Å². The van der Waals surface area contributed by atoms with E-state index in [9.17, 15) is 4.79 Å². The summed E-state index contributed by atoms with van der Waals surface area (Å²) >= 11 is 1.47. The second kappa shape index (κ2) is 5.66. The number of aromatic nitrogens is 2. The van der Waals surface area contributed by atoms with Gasteiger partial charge >= 0.3 is 0 Å². The highest BCUT2D eigenvalue weighted by molar-refractivity contribution is 7.98. The fraction of sp³-hybridized carbons (Fsp3) is 0.357. The molecule has 0 aliphatic rings. The molecule has 1 aromatic heterocycles. The first-order valence-corrected chi connectivity index (χ1v) is 7.20. The van der Waals surface area contributed by atoms with E-state index in [1.165, 1.54) is 11.8 Å². The smallest absolute Gasteiger partial charge is 0.276 e. The zero-order valence-corrected chi connectivity index (χ0v) is 12.5. The number of primary amides is 1. The van der Waals surface area contributed by atoms with Gasteiger partial charge in [0.25, 0.3) is 5.22 Å². The van der Waals surface area contributed by atoms with Crippen molar-refractivity contribution in [2.75, 3.05) is 0 Å². The first kappa shape index (κ1) is 14.6. The van der Waals surface area contributed by atoms with E-state index < -0.39 is 5.91 Å². The van der Waals surface area contributed by atoms with Gasteiger partial charge in [-0.2, -0.15) is 0 Å². The van der Waals surface area contributed by atoms with Crippen LogP contribution in [0.25, 0.3) is 0 Å². The molecule has 0 bridgehead atoms. The van der Waals surface area contributed by atoms with E-state index in [1.54, 1.807) is 12.1 Å². The molecule has 2 N–H and O–H groups in total. The lowest BCUT2D eigenvalue weighted by Gasteiger charge is -2.10. The minimum Gasteiger partial charge on any atom is -0.415 e. The van der Waals surface area contributed by atoms with Crippen molar-refractivity contribution in [3.63, 3.8) is 0 Å². The van der Waals surface area contributed by atoms with Crippen LogP contribution in [0.2, 0.25) is 0 Å². The SMILES string of the molecule is CC(C)(C)c1nnc(SCc2ccc(C(N)=O)cc2)o1. The van der Waals surface area contributed by atoms with Crippen LogP contribution in [0.5, 0.6) is 0 Å². The molecule has 0 aliphatic carbocycles. The summed E-state index contributed by atoms with van der Waals surface area (Å²) in [5.74, 6) is 0.908. The number of hydrogen-bond acceptors (Lipinski definition) is 5. The third kappa shape index (κ3) is 3.60. The largest absolute Gasteiger partial charge is 0.415 e. The summed E-state index contributed by atoms with van der Waals surface area (Å²) in [4.78, 5) is 11.0. The van der Waals surface area contributed by atoms with Crippen LogP contribution in [0.1, 0.15) is 42.6 Å². The number of nitrogens with zero attached hydrogens (tertiary/aromatic N) is 2. The third-order valence-corrected chi connectivity index (χ3v) is 3.54. The fourth-order valence-corrected chi connectivity index (χ4v) is 2.20. The van der Waals surface area contributed by atoms with E-state index in [2.05, 4.69) is 10.2 Å². The first-order valence-electron chi connectivity index (χ1n) is 6.22. The molecule has 0 radical (unpaired) electrons. The lowest BCUT2D eigenvalue weighted by atomic mass is 9.97. The molecule has 0 saturated carbocycles. The van der Waals surface area contributed by atoms with Gasteiger partial charge in [-0.1, -0.05) is 44.7 Å². The maximum Gasteiger partial charge on any atom is 0.276 e. The monoisotopic (exact) mass is 291 g/mol. The summed E-state index contributed by atoms with van der Waals surface area (Å²) in [7, 11) is 0. The van der Waals surface area contributed by atoms with Gasteiger partial charge < -0.3 is 10.2 Å². The lowest BCUT2D eigenvalue weighted by molar-refractivity contribution is 0.100. The predicted octanol–water partition coefficient (Wildman–Crippen LogP) is 2.76. The highest BCUT2D eigenvalue weighted by Crippen LogP contribution is 2.26. The van der Waals surface area contributed by atoms with E-state index >= 15 is 0 Å². The Morgan fingerprint density at radius 3 is 2.40 bits per heavy atom. The minimum atomic E-state index is -0.420. The van der Waals surface area contributed by atoms with Crippen LogP contribution in [0, 0.1) is 0 Å². The van der Waals surface area contributed by atoms with Crippen molar-refractivity contribution in [2.45, 2.75) is 37.2 Å². The van der Waals surface area contributed by atoms with Crippen LogP contribution in [0.15, 0.2) is 33.9 Å². The van der Waals surface area contributed by atoms with Gasteiger partial charge in [-0.25, -0.2) is 0 Å². The van der Waals surface area contributed by atoms with Crippen molar-refractivity contribution in [1.29, 1.82) is 0 Å². The Balaban J connectivity index is 1.98. The van der Waals surface area contributed by atoms with Crippen molar-refractivity contribution in [1.82, 2.24) is 10.2 Å². The molecule has 6 heteroatoms. The molecule has 0 unspecified atom stereocenters. The highest BCUT2D eigenvalue weighted by atomic mass is 32.2. The summed E-state index contributed by atoms with van der Waals surface area (Å²) in [5, 5.41) is 8.60. The lowest BCUT2D eigenvalue weighted by Crippen LogP contribution is -2.11. The first-order chi connectivity index (χ1) is 9.36. The summed E-state index contributed by atoms with van der Waals surface area (Å²) in [6.07, 6.45) is 0. The molecule has 106 valence electrons. The maximum absolute atomic E-state index is 11.0. The number of carbonyl (C=O) groups excluding carboxylic acids is 1. The third-order valence-electron chi connectivity index (χ3n) is 2.65. The molecule has 1 heterocycles. The van der Waals surface area contributed by atoms with E-state index in [4.69, 9.17) is 10.2 Å². The van der Waals surface area contributed by atoms with Crippen LogP contribution >= 0.6 is 11.8 Å². The van der Waals surface area contributed by atoms with Gasteiger partial charge in [0.1, 0.15) is 0 Å². The zero-order chi connectivity index (χ0) is 14.8. The Morgan fingerprint density at radius 2 is 1.90 bits per heavy atom. The molecule has 0 atom stereocenters. The topological polar surface area (TPSA) is 82.0 Å². The number of benzene rings is 1. The molecular weight excluding hydrogens is 274 g/mol. The quantitative estimate of drug-likeness (QED) is 0.876. The number of rotatable bonds is 4. The Morgan fingerprint density at radius 1 is 1.25 bits per heavy atom. The molecule has 5 nitrogen and oxygen atoms in total. The van der Waals surface area contributed by atoms with E-state index in [1.807, 2.05) is 32.9 Å². The number of nitrogens with two attached hydrogens (primary N) is 1. The molecule has 1 amide bonds. The summed E-state index contributed by atoms with van der Waals surface area (Å²) in [5.41, 5.74) is 6.62. The molecule has 2 rings (SSSR count). The van der Waals surface area contributed by atoms with E-state index in [-0.39, 0.29) is 5.41 Å². The molecular formula is C14H17N3O2S. The second-order valence-electron chi connectivity index (χ2n) is 5.47. The summed E-state index contributed by atoms with van der Waals surface area (Å²) < 4.78 is 5.60.